The van der Waals surface area contributed by atoms with Crippen molar-refractivity contribution in [3.05, 3.63) is 36.0 Å². The van der Waals surface area contributed by atoms with Crippen LogP contribution < -0.4 is 5.32 Å². The Hall–Kier alpha value is -1.32. The van der Waals surface area contributed by atoms with Crippen LogP contribution in [0.15, 0.2) is 30.5 Å². The zero-order chi connectivity index (χ0) is 13.9. The lowest BCUT2D eigenvalue weighted by molar-refractivity contribution is 0.101. The summed E-state index contributed by atoms with van der Waals surface area (Å²) in [5.41, 5.74) is 2.65. The molecule has 3 rings (SSSR count). The Balaban J connectivity index is 1.60. The Morgan fingerprint density at radius 2 is 2.15 bits per heavy atom. The van der Waals surface area contributed by atoms with Gasteiger partial charge in [0, 0.05) is 30.7 Å². The average Bonchev–Trinajstić information content (AvgIpc) is 2.77. The molecule has 1 aliphatic rings. The number of nitrogens with one attached hydrogen (secondary N) is 1. The zero-order valence-electron chi connectivity index (χ0n) is 12.2. The first-order chi connectivity index (χ1) is 9.74. The fraction of sp³-hybridized carbons (Fsp3) is 0.529. The number of benzene rings is 1. The van der Waals surface area contributed by atoms with Crippen molar-refractivity contribution in [1.29, 1.82) is 0 Å². The highest BCUT2D eigenvalue weighted by atomic mass is 16.3. The molecule has 0 spiro atoms. The molecule has 1 heterocycles. The molecule has 1 aliphatic carbocycles. The van der Waals surface area contributed by atoms with Crippen LogP contribution in [0, 0.1) is 5.92 Å². The number of aromatic nitrogens is 1. The van der Waals surface area contributed by atoms with Crippen LogP contribution in [0.2, 0.25) is 0 Å². The monoisotopic (exact) mass is 272 g/mol. The van der Waals surface area contributed by atoms with E-state index in [9.17, 15) is 5.11 Å². The van der Waals surface area contributed by atoms with Gasteiger partial charge in [-0.1, -0.05) is 24.6 Å². The molecule has 2 unspecified atom stereocenters. The highest BCUT2D eigenvalue weighted by molar-refractivity contribution is 5.83. The number of hydrogen-bond acceptors (Lipinski definition) is 2. The lowest BCUT2D eigenvalue weighted by atomic mass is 9.87. The third kappa shape index (κ3) is 2.89. The summed E-state index contributed by atoms with van der Waals surface area (Å²) in [4.78, 5) is 0. The second kappa shape index (κ2) is 5.98. The van der Waals surface area contributed by atoms with Crippen molar-refractivity contribution in [3.8, 4) is 0 Å². The van der Waals surface area contributed by atoms with Crippen LogP contribution in [0.3, 0.4) is 0 Å². The van der Waals surface area contributed by atoms with Crippen LogP contribution in [0.1, 0.15) is 31.2 Å². The van der Waals surface area contributed by atoms with Gasteiger partial charge in [-0.05, 0) is 43.4 Å². The van der Waals surface area contributed by atoms with Gasteiger partial charge in [-0.25, -0.2) is 0 Å². The van der Waals surface area contributed by atoms with Gasteiger partial charge in [0.15, 0.2) is 0 Å². The molecule has 0 radical (unpaired) electrons. The number of fused-ring (bicyclic) bond motifs is 1. The standard InChI is InChI=1S/C17H24N2O/c1-19-12-14(16-7-2-3-8-17(16)19)11-18-10-13-5-4-6-15(20)9-13/h2-3,7-8,12-13,15,18,20H,4-6,9-11H2,1H3. The van der Waals surface area contributed by atoms with E-state index < -0.39 is 0 Å². The average molecular weight is 272 g/mol. The summed E-state index contributed by atoms with van der Waals surface area (Å²) in [6.45, 7) is 1.92. The van der Waals surface area contributed by atoms with Crippen molar-refractivity contribution in [2.75, 3.05) is 6.54 Å². The SMILES string of the molecule is Cn1cc(CNCC2CCCC(O)C2)c2ccccc21. The number of para-hydroxylation sites is 1. The minimum atomic E-state index is -0.0758. The van der Waals surface area contributed by atoms with E-state index in [4.69, 9.17) is 0 Å². The van der Waals surface area contributed by atoms with Crippen molar-refractivity contribution in [2.45, 2.75) is 38.3 Å². The van der Waals surface area contributed by atoms with Crippen LogP contribution >= 0.6 is 0 Å². The predicted octanol–water partition coefficient (Wildman–Crippen LogP) is 2.82. The van der Waals surface area contributed by atoms with Gasteiger partial charge >= 0.3 is 0 Å². The molecule has 1 saturated carbocycles. The van der Waals surface area contributed by atoms with E-state index in [-0.39, 0.29) is 6.10 Å². The van der Waals surface area contributed by atoms with Crippen molar-refractivity contribution in [2.24, 2.45) is 13.0 Å². The number of aliphatic hydroxyl groups is 1. The second-order valence-corrected chi connectivity index (χ2v) is 6.10. The number of aryl methyl sites for hydroxylation is 1. The number of aliphatic hydroxyl groups excluding tert-OH is 1. The first kappa shape index (κ1) is 13.7. The Kier molecular flexibility index (Phi) is 4.08. The summed E-state index contributed by atoms with van der Waals surface area (Å²) in [5, 5.41) is 14.6. The lowest BCUT2D eigenvalue weighted by Crippen LogP contribution is -2.28. The fourth-order valence-corrected chi connectivity index (χ4v) is 3.43. The van der Waals surface area contributed by atoms with Gasteiger partial charge in [0.2, 0.25) is 0 Å². The maximum atomic E-state index is 9.71. The summed E-state index contributed by atoms with van der Waals surface area (Å²) in [6, 6.07) is 8.54. The van der Waals surface area contributed by atoms with E-state index in [0.29, 0.717) is 5.92 Å². The van der Waals surface area contributed by atoms with Gasteiger partial charge in [-0.15, -0.1) is 0 Å². The van der Waals surface area contributed by atoms with Crippen molar-refractivity contribution in [3.63, 3.8) is 0 Å². The van der Waals surface area contributed by atoms with E-state index >= 15 is 0 Å². The molecule has 0 amide bonds. The van der Waals surface area contributed by atoms with E-state index in [1.165, 1.54) is 29.3 Å². The molecule has 1 aromatic carbocycles. The highest BCUT2D eigenvalue weighted by Crippen LogP contribution is 2.24. The Bertz CT molecular complexity index is 575. The van der Waals surface area contributed by atoms with E-state index in [1.807, 2.05) is 0 Å². The van der Waals surface area contributed by atoms with Gasteiger partial charge in [0.25, 0.3) is 0 Å². The molecule has 3 nitrogen and oxygen atoms in total. The number of rotatable bonds is 4. The van der Waals surface area contributed by atoms with Crippen LogP contribution in [-0.4, -0.2) is 22.3 Å². The largest absolute Gasteiger partial charge is 0.393 e. The quantitative estimate of drug-likeness (QED) is 0.898. The van der Waals surface area contributed by atoms with Crippen molar-refractivity contribution >= 4 is 10.9 Å². The second-order valence-electron chi connectivity index (χ2n) is 6.10. The molecule has 2 N–H and O–H groups in total. The van der Waals surface area contributed by atoms with Crippen molar-refractivity contribution < 1.29 is 5.11 Å². The summed E-state index contributed by atoms with van der Waals surface area (Å²) in [5.74, 6) is 0.633. The van der Waals surface area contributed by atoms with Gasteiger partial charge in [0.05, 0.1) is 6.10 Å². The Labute approximate surface area is 120 Å². The maximum Gasteiger partial charge on any atom is 0.0543 e. The maximum absolute atomic E-state index is 9.71. The van der Waals surface area contributed by atoms with Gasteiger partial charge < -0.3 is 15.0 Å². The molecule has 20 heavy (non-hydrogen) atoms. The highest BCUT2D eigenvalue weighted by Gasteiger charge is 2.19. The summed E-state index contributed by atoms with van der Waals surface area (Å²) in [7, 11) is 2.10. The molecular weight excluding hydrogens is 248 g/mol. The molecule has 0 saturated heterocycles. The molecule has 0 bridgehead atoms. The topological polar surface area (TPSA) is 37.2 Å². The normalized spacial score (nSPS) is 23.3. The molecule has 3 heteroatoms. The summed E-state index contributed by atoms with van der Waals surface area (Å²) >= 11 is 0. The third-order valence-corrected chi connectivity index (χ3v) is 4.48. The molecule has 2 atom stereocenters. The molecule has 108 valence electrons. The minimum Gasteiger partial charge on any atom is -0.393 e. The van der Waals surface area contributed by atoms with Crippen LogP contribution in [0.4, 0.5) is 0 Å². The smallest absolute Gasteiger partial charge is 0.0543 e. The fourth-order valence-electron chi connectivity index (χ4n) is 3.43. The molecule has 1 aromatic heterocycles. The summed E-state index contributed by atoms with van der Waals surface area (Å²) in [6.07, 6.45) is 6.50. The van der Waals surface area contributed by atoms with Crippen LogP contribution in [-0.2, 0) is 13.6 Å². The summed E-state index contributed by atoms with van der Waals surface area (Å²) < 4.78 is 2.19. The molecular formula is C17H24N2O. The van der Waals surface area contributed by atoms with Gasteiger partial charge in [-0.3, -0.25) is 0 Å². The first-order valence-corrected chi connectivity index (χ1v) is 7.66. The van der Waals surface area contributed by atoms with Crippen LogP contribution in [0.25, 0.3) is 10.9 Å². The van der Waals surface area contributed by atoms with E-state index in [0.717, 1.165) is 25.9 Å². The lowest BCUT2D eigenvalue weighted by Gasteiger charge is -2.25. The van der Waals surface area contributed by atoms with Gasteiger partial charge in [0.1, 0.15) is 0 Å². The Morgan fingerprint density at radius 3 is 3.00 bits per heavy atom. The first-order valence-electron chi connectivity index (χ1n) is 7.66. The minimum absolute atomic E-state index is 0.0758. The Morgan fingerprint density at radius 1 is 1.30 bits per heavy atom. The van der Waals surface area contributed by atoms with Crippen molar-refractivity contribution in [1.82, 2.24) is 9.88 Å². The van der Waals surface area contributed by atoms with Gasteiger partial charge in [-0.2, -0.15) is 0 Å². The van der Waals surface area contributed by atoms with Crippen LogP contribution in [0.5, 0.6) is 0 Å². The molecule has 2 aromatic rings. The molecule has 1 fully saturated rings. The third-order valence-electron chi connectivity index (χ3n) is 4.48. The number of nitrogens with zero attached hydrogens (tertiary/aromatic N) is 1. The predicted molar refractivity (Wildman–Crippen MR) is 82.6 cm³/mol. The van der Waals surface area contributed by atoms with E-state index in [2.05, 4.69) is 47.4 Å². The van der Waals surface area contributed by atoms with E-state index in [1.54, 1.807) is 0 Å². The number of hydrogen-bond donors (Lipinski definition) is 2. The molecule has 0 aliphatic heterocycles. The zero-order valence-corrected chi connectivity index (χ0v) is 12.2.